The number of benzene rings is 2. The van der Waals surface area contributed by atoms with Gasteiger partial charge in [0.25, 0.3) is 0 Å². The monoisotopic (exact) mass is 475 g/mol. The largest absolute Gasteiger partial charge is 0.497 e. The maximum atomic E-state index is 15.5. The third-order valence-corrected chi connectivity index (χ3v) is 6.37. The SMILES string of the molecule is CC1(C)OB(c2ccc3c(I)cc(-c4ccccc4)nc3c2F)OC1(C)C. The van der Waals surface area contributed by atoms with Crippen LogP contribution >= 0.6 is 22.6 Å². The van der Waals surface area contributed by atoms with E-state index in [1.807, 2.05) is 70.2 Å². The minimum atomic E-state index is -0.751. The molecule has 1 aromatic heterocycles. The van der Waals surface area contributed by atoms with Crippen LogP contribution in [0.2, 0.25) is 0 Å². The number of nitrogens with zero attached hydrogens (tertiary/aromatic N) is 1. The molecule has 0 unspecified atom stereocenters. The molecule has 138 valence electrons. The van der Waals surface area contributed by atoms with Crippen molar-refractivity contribution in [2.45, 2.75) is 38.9 Å². The summed E-state index contributed by atoms with van der Waals surface area (Å²) >= 11 is 2.23. The lowest BCUT2D eigenvalue weighted by Gasteiger charge is -2.32. The number of hydrogen-bond acceptors (Lipinski definition) is 3. The summed E-state index contributed by atoms with van der Waals surface area (Å²) in [5.41, 5.74) is 1.39. The maximum absolute atomic E-state index is 15.5. The van der Waals surface area contributed by atoms with Crippen LogP contribution in [0, 0.1) is 9.39 Å². The van der Waals surface area contributed by atoms with E-state index in [0.717, 1.165) is 20.2 Å². The van der Waals surface area contributed by atoms with E-state index in [2.05, 4.69) is 27.6 Å². The highest BCUT2D eigenvalue weighted by molar-refractivity contribution is 14.1. The lowest BCUT2D eigenvalue weighted by Crippen LogP contribution is -2.41. The molecular weight excluding hydrogens is 455 g/mol. The molecule has 0 aliphatic carbocycles. The lowest BCUT2D eigenvalue weighted by atomic mass is 9.78. The predicted octanol–water partition coefficient (Wildman–Crippen LogP) is 4.94. The van der Waals surface area contributed by atoms with Gasteiger partial charge in [-0.2, -0.15) is 0 Å². The Morgan fingerprint density at radius 2 is 1.59 bits per heavy atom. The van der Waals surface area contributed by atoms with Gasteiger partial charge < -0.3 is 9.31 Å². The summed E-state index contributed by atoms with van der Waals surface area (Å²) in [5.74, 6) is -0.387. The Morgan fingerprint density at radius 3 is 2.22 bits per heavy atom. The molecule has 0 N–H and O–H groups in total. The number of hydrogen-bond donors (Lipinski definition) is 0. The first-order valence-corrected chi connectivity index (χ1v) is 9.97. The van der Waals surface area contributed by atoms with E-state index in [4.69, 9.17) is 9.31 Å². The van der Waals surface area contributed by atoms with Gasteiger partial charge in [-0.1, -0.05) is 42.5 Å². The molecule has 1 saturated heterocycles. The van der Waals surface area contributed by atoms with Gasteiger partial charge in [-0.15, -0.1) is 0 Å². The van der Waals surface area contributed by atoms with Crippen LogP contribution in [0.4, 0.5) is 4.39 Å². The predicted molar refractivity (Wildman–Crippen MR) is 116 cm³/mol. The van der Waals surface area contributed by atoms with Gasteiger partial charge in [0, 0.05) is 20.0 Å². The number of fused-ring (bicyclic) bond motifs is 1. The van der Waals surface area contributed by atoms with E-state index in [0.29, 0.717) is 11.0 Å². The Hall–Kier alpha value is -1.51. The number of halogens is 2. The third kappa shape index (κ3) is 3.17. The van der Waals surface area contributed by atoms with Gasteiger partial charge in [-0.05, 0) is 56.4 Å². The topological polar surface area (TPSA) is 31.4 Å². The minimum Gasteiger partial charge on any atom is -0.399 e. The molecule has 3 nitrogen and oxygen atoms in total. The van der Waals surface area contributed by atoms with Crippen molar-refractivity contribution in [1.82, 2.24) is 4.98 Å². The molecular formula is C21H20BFINO2. The molecule has 0 spiro atoms. The summed E-state index contributed by atoms with van der Waals surface area (Å²) in [7, 11) is -0.751. The zero-order chi connectivity index (χ0) is 19.4. The molecule has 0 bridgehead atoms. The Labute approximate surface area is 172 Å². The van der Waals surface area contributed by atoms with Crippen LogP contribution in [0.15, 0.2) is 48.5 Å². The van der Waals surface area contributed by atoms with Gasteiger partial charge in [-0.25, -0.2) is 9.37 Å². The van der Waals surface area contributed by atoms with Crippen LogP contribution in [-0.4, -0.2) is 23.3 Å². The first kappa shape index (κ1) is 18.8. The van der Waals surface area contributed by atoms with E-state index in [1.54, 1.807) is 6.07 Å². The standard InChI is InChI=1S/C21H20BFINO2/c1-20(2)21(3,4)27-22(26-20)15-11-10-14-16(24)12-17(25-19(14)18(15)23)13-8-6-5-7-9-13/h5-12H,1-4H3. The van der Waals surface area contributed by atoms with Crippen molar-refractivity contribution >= 4 is 46.1 Å². The average molecular weight is 475 g/mol. The molecule has 1 aliphatic rings. The number of rotatable bonds is 2. The van der Waals surface area contributed by atoms with Crippen molar-refractivity contribution in [3.05, 3.63) is 57.9 Å². The molecule has 2 aromatic carbocycles. The summed E-state index contributed by atoms with van der Waals surface area (Å²) in [4.78, 5) is 4.62. The molecule has 0 radical (unpaired) electrons. The lowest BCUT2D eigenvalue weighted by molar-refractivity contribution is 0.00578. The number of pyridine rings is 1. The Kier molecular flexibility index (Phi) is 4.56. The van der Waals surface area contributed by atoms with Crippen LogP contribution in [0.3, 0.4) is 0 Å². The molecule has 0 atom stereocenters. The first-order valence-electron chi connectivity index (χ1n) is 8.89. The van der Waals surface area contributed by atoms with Crippen molar-refractivity contribution < 1.29 is 13.7 Å². The van der Waals surface area contributed by atoms with Crippen molar-refractivity contribution in [3.8, 4) is 11.3 Å². The third-order valence-electron chi connectivity index (χ3n) is 5.48. The van der Waals surface area contributed by atoms with Crippen LogP contribution < -0.4 is 5.46 Å². The Morgan fingerprint density at radius 1 is 0.963 bits per heavy atom. The molecule has 1 fully saturated rings. The highest BCUT2D eigenvalue weighted by Gasteiger charge is 2.52. The summed E-state index contributed by atoms with van der Waals surface area (Å²) in [6, 6.07) is 15.4. The van der Waals surface area contributed by atoms with Gasteiger partial charge in [0.05, 0.1) is 16.9 Å². The Balaban J connectivity index is 1.85. The smallest absolute Gasteiger partial charge is 0.399 e. The summed E-state index contributed by atoms with van der Waals surface area (Å²) in [5, 5.41) is 0.785. The van der Waals surface area contributed by atoms with Crippen molar-refractivity contribution in [3.63, 3.8) is 0 Å². The molecule has 3 aromatic rings. The fourth-order valence-electron chi connectivity index (χ4n) is 3.14. The molecule has 1 aliphatic heterocycles. The van der Waals surface area contributed by atoms with E-state index < -0.39 is 18.3 Å². The van der Waals surface area contributed by atoms with E-state index in [9.17, 15) is 0 Å². The fourth-order valence-corrected chi connectivity index (χ4v) is 3.87. The van der Waals surface area contributed by atoms with Crippen molar-refractivity contribution in [1.29, 1.82) is 0 Å². The molecule has 2 heterocycles. The fraction of sp³-hybridized carbons (Fsp3) is 0.286. The highest BCUT2D eigenvalue weighted by Crippen LogP contribution is 2.37. The van der Waals surface area contributed by atoms with Gasteiger partial charge in [0.15, 0.2) is 0 Å². The number of aromatic nitrogens is 1. The quantitative estimate of drug-likeness (QED) is 0.389. The van der Waals surface area contributed by atoms with Gasteiger partial charge in [0.2, 0.25) is 0 Å². The zero-order valence-corrected chi connectivity index (χ0v) is 17.9. The van der Waals surface area contributed by atoms with E-state index >= 15 is 4.39 Å². The molecule has 6 heteroatoms. The molecule has 0 saturated carbocycles. The second-order valence-electron chi connectivity index (χ2n) is 7.81. The molecule has 4 rings (SSSR count). The van der Waals surface area contributed by atoms with Gasteiger partial charge in [-0.3, -0.25) is 0 Å². The summed E-state index contributed by atoms with van der Waals surface area (Å²) in [6.07, 6.45) is 0. The molecule has 27 heavy (non-hydrogen) atoms. The molecule has 0 amide bonds. The average Bonchev–Trinajstić information content (AvgIpc) is 2.84. The Bertz CT molecular complexity index is 1010. The van der Waals surface area contributed by atoms with Crippen molar-refractivity contribution in [2.75, 3.05) is 0 Å². The highest BCUT2D eigenvalue weighted by atomic mass is 127. The summed E-state index contributed by atoms with van der Waals surface area (Å²) in [6.45, 7) is 7.84. The van der Waals surface area contributed by atoms with Crippen molar-refractivity contribution in [2.24, 2.45) is 0 Å². The van der Waals surface area contributed by atoms with Crippen LogP contribution in [-0.2, 0) is 9.31 Å². The maximum Gasteiger partial charge on any atom is 0.497 e. The van der Waals surface area contributed by atoms with Crippen LogP contribution in [0.5, 0.6) is 0 Å². The van der Waals surface area contributed by atoms with E-state index in [-0.39, 0.29) is 5.82 Å². The zero-order valence-electron chi connectivity index (χ0n) is 15.7. The normalized spacial score (nSPS) is 18.2. The van der Waals surface area contributed by atoms with Gasteiger partial charge in [0.1, 0.15) is 11.3 Å². The summed E-state index contributed by atoms with van der Waals surface area (Å²) < 4.78 is 28.5. The first-order chi connectivity index (χ1) is 12.7. The second kappa shape index (κ2) is 6.53. The van der Waals surface area contributed by atoms with Crippen LogP contribution in [0.25, 0.3) is 22.2 Å². The minimum absolute atomic E-state index is 0.341. The second-order valence-corrected chi connectivity index (χ2v) is 8.97. The van der Waals surface area contributed by atoms with Gasteiger partial charge >= 0.3 is 7.12 Å². The van der Waals surface area contributed by atoms with Crippen LogP contribution in [0.1, 0.15) is 27.7 Å². The van der Waals surface area contributed by atoms with E-state index in [1.165, 1.54) is 0 Å².